The van der Waals surface area contributed by atoms with Crippen molar-refractivity contribution in [2.45, 2.75) is 12.5 Å². The summed E-state index contributed by atoms with van der Waals surface area (Å²) in [4.78, 5) is 11.9. The predicted octanol–water partition coefficient (Wildman–Crippen LogP) is 1.25. The molecule has 2 rings (SSSR count). The maximum atomic E-state index is 11.9. The zero-order valence-electron chi connectivity index (χ0n) is 8.66. The largest absolute Gasteiger partial charge is 0.507 e. The maximum Gasteiger partial charge on any atom is 0.255 e. The van der Waals surface area contributed by atoms with Crippen molar-refractivity contribution in [3.8, 4) is 5.75 Å². The van der Waals surface area contributed by atoms with Crippen LogP contribution in [-0.2, 0) is 0 Å². The first-order chi connectivity index (χ1) is 7.66. The summed E-state index contributed by atoms with van der Waals surface area (Å²) < 4.78 is 0.778. The monoisotopic (exact) mass is 284 g/mol. The molecular weight excluding hydrogens is 272 g/mol. The minimum absolute atomic E-state index is 0.00616. The van der Waals surface area contributed by atoms with E-state index in [4.69, 9.17) is 0 Å². The molecule has 1 amide bonds. The Balaban J connectivity index is 2.10. The van der Waals surface area contributed by atoms with Crippen LogP contribution in [0.4, 0.5) is 0 Å². The van der Waals surface area contributed by atoms with Gasteiger partial charge < -0.3 is 15.7 Å². The molecule has 1 aromatic carbocycles. The zero-order valence-corrected chi connectivity index (χ0v) is 10.3. The van der Waals surface area contributed by atoms with Crippen LogP contribution in [0, 0.1) is 0 Å². The molecule has 0 aliphatic carbocycles. The standard InChI is InChI=1S/C11H13BrN2O2/c12-7-1-2-10(15)9(5-7)11(16)14-8-3-4-13-6-8/h1-2,5,8,13,15H,3-4,6H2,(H,14,16). The van der Waals surface area contributed by atoms with Gasteiger partial charge in [0.2, 0.25) is 0 Å². The molecule has 1 fully saturated rings. The van der Waals surface area contributed by atoms with E-state index in [0.717, 1.165) is 24.0 Å². The second-order valence-corrected chi connectivity index (χ2v) is 4.74. The van der Waals surface area contributed by atoms with E-state index >= 15 is 0 Å². The predicted molar refractivity (Wildman–Crippen MR) is 64.5 cm³/mol. The number of benzene rings is 1. The van der Waals surface area contributed by atoms with Crippen molar-refractivity contribution >= 4 is 21.8 Å². The number of carbonyl (C=O) groups is 1. The SMILES string of the molecule is O=C(NC1CCNC1)c1cc(Br)ccc1O. The van der Waals surface area contributed by atoms with Crippen LogP contribution in [0.1, 0.15) is 16.8 Å². The summed E-state index contributed by atoms with van der Waals surface area (Å²) >= 11 is 3.27. The van der Waals surface area contributed by atoms with Gasteiger partial charge in [0.15, 0.2) is 0 Å². The van der Waals surface area contributed by atoms with E-state index < -0.39 is 0 Å². The van der Waals surface area contributed by atoms with Crippen LogP contribution >= 0.6 is 15.9 Å². The molecule has 1 heterocycles. The molecule has 0 saturated carbocycles. The summed E-state index contributed by atoms with van der Waals surface area (Å²) in [6.45, 7) is 1.72. The molecule has 16 heavy (non-hydrogen) atoms. The fraction of sp³-hybridized carbons (Fsp3) is 0.364. The Kier molecular flexibility index (Phi) is 3.46. The highest BCUT2D eigenvalue weighted by atomic mass is 79.9. The van der Waals surface area contributed by atoms with E-state index in [0.29, 0.717) is 5.56 Å². The number of halogens is 1. The van der Waals surface area contributed by atoms with Crippen molar-refractivity contribution in [3.05, 3.63) is 28.2 Å². The molecular formula is C11H13BrN2O2. The van der Waals surface area contributed by atoms with Gasteiger partial charge in [-0.1, -0.05) is 15.9 Å². The molecule has 1 aromatic rings. The highest BCUT2D eigenvalue weighted by molar-refractivity contribution is 9.10. The summed E-state index contributed by atoms with van der Waals surface area (Å²) in [5, 5.41) is 15.6. The molecule has 0 radical (unpaired) electrons. The number of hydrogen-bond donors (Lipinski definition) is 3. The molecule has 1 atom stereocenters. The first-order valence-electron chi connectivity index (χ1n) is 5.17. The van der Waals surface area contributed by atoms with E-state index in [1.165, 1.54) is 6.07 Å². The van der Waals surface area contributed by atoms with Crippen molar-refractivity contribution in [3.63, 3.8) is 0 Å². The maximum absolute atomic E-state index is 11.9. The lowest BCUT2D eigenvalue weighted by Crippen LogP contribution is -2.36. The Bertz CT molecular complexity index is 403. The third-order valence-corrected chi connectivity index (χ3v) is 3.09. The van der Waals surface area contributed by atoms with Gasteiger partial charge in [0.05, 0.1) is 5.56 Å². The summed E-state index contributed by atoms with van der Waals surface area (Å²) in [5.41, 5.74) is 0.307. The van der Waals surface area contributed by atoms with Crippen LogP contribution in [-0.4, -0.2) is 30.1 Å². The fourth-order valence-corrected chi connectivity index (χ4v) is 2.09. The van der Waals surface area contributed by atoms with Gasteiger partial charge in [0.1, 0.15) is 5.75 Å². The highest BCUT2D eigenvalue weighted by Gasteiger charge is 2.19. The van der Waals surface area contributed by atoms with Gasteiger partial charge in [-0.05, 0) is 31.2 Å². The summed E-state index contributed by atoms with van der Waals surface area (Å²) in [5.74, 6) is -0.223. The second-order valence-electron chi connectivity index (χ2n) is 3.82. The number of phenols is 1. The normalized spacial score (nSPS) is 19.7. The van der Waals surface area contributed by atoms with Gasteiger partial charge in [0, 0.05) is 17.1 Å². The molecule has 1 unspecified atom stereocenters. The topological polar surface area (TPSA) is 61.4 Å². The number of carbonyl (C=O) groups excluding carboxylic acids is 1. The van der Waals surface area contributed by atoms with E-state index in [1.54, 1.807) is 12.1 Å². The van der Waals surface area contributed by atoms with Gasteiger partial charge >= 0.3 is 0 Å². The minimum Gasteiger partial charge on any atom is -0.507 e. The first-order valence-corrected chi connectivity index (χ1v) is 5.96. The second kappa shape index (κ2) is 4.84. The van der Waals surface area contributed by atoms with Crippen LogP contribution < -0.4 is 10.6 Å². The Morgan fingerprint density at radius 1 is 1.56 bits per heavy atom. The smallest absolute Gasteiger partial charge is 0.255 e. The summed E-state index contributed by atoms with van der Waals surface area (Å²) in [6, 6.07) is 4.98. The molecule has 1 aliphatic rings. The van der Waals surface area contributed by atoms with E-state index in [9.17, 15) is 9.90 Å². The summed E-state index contributed by atoms with van der Waals surface area (Å²) in [6.07, 6.45) is 0.931. The molecule has 1 aliphatic heterocycles. The number of aromatic hydroxyl groups is 1. The Hall–Kier alpha value is -1.07. The average molecular weight is 285 g/mol. The Morgan fingerprint density at radius 3 is 3.06 bits per heavy atom. The Labute approximate surface area is 102 Å². The average Bonchev–Trinajstić information content (AvgIpc) is 2.74. The number of nitrogens with one attached hydrogen (secondary N) is 2. The van der Waals surface area contributed by atoms with E-state index in [2.05, 4.69) is 26.6 Å². The van der Waals surface area contributed by atoms with Gasteiger partial charge in [0.25, 0.3) is 5.91 Å². The zero-order chi connectivity index (χ0) is 11.5. The lowest BCUT2D eigenvalue weighted by molar-refractivity contribution is 0.0937. The molecule has 0 aromatic heterocycles. The number of amides is 1. The molecule has 5 heteroatoms. The van der Waals surface area contributed by atoms with Crippen LogP contribution in [0.25, 0.3) is 0 Å². The van der Waals surface area contributed by atoms with Crippen molar-refractivity contribution in [1.29, 1.82) is 0 Å². The van der Waals surface area contributed by atoms with Gasteiger partial charge in [-0.15, -0.1) is 0 Å². The van der Waals surface area contributed by atoms with Crippen molar-refractivity contribution in [2.24, 2.45) is 0 Å². The van der Waals surface area contributed by atoms with Crippen LogP contribution in [0.2, 0.25) is 0 Å². The van der Waals surface area contributed by atoms with Gasteiger partial charge in [-0.25, -0.2) is 0 Å². The molecule has 1 saturated heterocycles. The van der Waals surface area contributed by atoms with Crippen LogP contribution in [0.15, 0.2) is 22.7 Å². The van der Waals surface area contributed by atoms with Gasteiger partial charge in [-0.3, -0.25) is 4.79 Å². The van der Waals surface area contributed by atoms with Crippen molar-refractivity contribution < 1.29 is 9.90 Å². The highest BCUT2D eigenvalue weighted by Crippen LogP contribution is 2.21. The van der Waals surface area contributed by atoms with E-state index in [-0.39, 0.29) is 17.7 Å². The quantitative estimate of drug-likeness (QED) is 0.766. The third-order valence-electron chi connectivity index (χ3n) is 2.60. The number of phenolic OH excluding ortho intramolecular Hbond substituents is 1. The van der Waals surface area contributed by atoms with Crippen molar-refractivity contribution in [1.82, 2.24) is 10.6 Å². The van der Waals surface area contributed by atoms with Crippen molar-refractivity contribution in [2.75, 3.05) is 13.1 Å². The lowest BCUT2D eigenvalue weighted by atomic mass is 10.1. The van der Waals surface area contributed by atoms with E-state index in [1.807, 2.05) is 0 Å². The third kappa shape index (κ3) is 2.54. The molecule has 4 nitrogen and oxygen atoms in total. The first kappa shape index (κ1) is 11.4. The fourth-order valence-electron chi connectivity index (χ4n) is 1.73. The van der Waals surface area contributed by atoms with Gasteiger partial charge in [-0.2, -0.15) is 0 Å². The Morgan fingerprint density at radius 2 is 2.38 bits per heavy atom. The molecule has 3 N–H and O–H groups in total. The number of rotatable bonds is 2. The summed E-state index contributed by atoms with van der Waals surface area (Å²) in [7, 11) is 0. The minimum atomic E-state index is -0.229. The lowest BCUT2D eigenvalue weighted by Gasteiger charge is -2.12. The molecule has 86 valence electrons. The molecule has 0 bridgehead atoms. The molecule has 0 spiro atoms. The number of hydrogen-bond acceptors (Lipinski definition) is 3. The van der Waals surface area contributed by atoms with Crippen LogP contribution in [0.3, 0.4) is 0 Å². The van der Waals surface area contributed by atoms with Crippen LogP contribution in [0.5, 0.6) is 5.75 Å².